The Balaban J connectivity index is 2.81. The van der Waals surface area contributed by atoms with E-state index in [1.807, 2.05) is 6.92 Å². The van der Waals surface area contributed by atoms with Gasteiger partial charge in [-0.25, -0.2) is 4.39 Å². The maximum absolute atomic E-state index is 13.5. The van der Waals surface area contributed by atoms with Crippen LogP contribution in [-0.4, -0.2) is 6.61 Å². The molecule has 0 aliphatic carbocycles. The normalized spacial score (nSPS) is 12.9. The Bertz CT molecular complexity index is 339. The van der Waals surface area contributed by atoms with E-state index in [-0.39, 0.29) is 11.9 Å². The lowest BCUT2D eigenvalue weighted by molar-refractivity contribution is 0.270. The lowest BCUT2D eigenvalue weighted by atomic mass is 10.0. The van der Waals surface area contributed by atoms with E-state index in [1.54, 1.807) is 12.1 Å². The molecule has 1 unspecified atom stereocenters. The van der Waals surface area contributed by atoms with E-state index in [0.29, 0.717) is 30.3 Å². The largest absolute Gasteiger partial charge is 0.493 e. The van der Waals surface area contributed by atoms with Crippen LogP contribution in [0.1, 0.15) is 38.8 Å². The Labute approximate surface area is 96.6 Å². The highest BCUT2D eigenvalue weighted by Gasteiger charge is 2.11. The van der Waals surface area contributed by atoms with Gasteiger partial charge in [-0.3, -0.25) is 0 Å². The number of hydrogen-bond donors (Lipinski definition) is 1. The van der Waals surface area contributed by atoms with Crippen LogP contribution in [0, 0.1) is 11.7 Å². The van der Waals surface area contributed by atoms with E-state index < -0.39 is 0 Å². The highest BCUT2D eigenvalue weighted by molar-refractivity contribution is 5.31. The van der Waals surface area contributed by atoms with Gasteiger partial charge in [-0.1, -0.05) is 20.8 Å². The van der Waals surface area contributed by atoms with Gasteiger partial charge in [0.25, 0.3) is 0 Å². The lowest BCUT2D eigenvalue weighted by Gasteiger charge is -2.14. The Hall–Kier alpha value is -1.09. The van der Waals surface area contributed by atoms with Gasteiger partial charge in [0.1, 0.15) is 11.6 Å². The first-order valence-electron chi connectivity index (χ1n) is 5.72. The molecule has 0 aliphatic heterocycles. The summed E-state index contributed by atoms with van der Waals surface area (Å²) in [6.45, 7) is 6.71. The zero-order valence-corrected chi connectivity index (χ0v) is 10.2. The molecule has 0 spiro atoms. The molecule has 90 valence electrons. The summed E-state index contributed by atoms with van der Waals surface area (Å²) >= 11 is 0. The molecule has 0 amide bonds. The summed E-state index contributed by atoms with van der Waals surface area (Å²) < 4.78 is 19.0. The molecule has 3 heteroatoms. The van der Waals surface area contributed by atoms with E-state index in [1.165, 1.54) is 6.07 Å². The van der Waals surface area contributed by atoms with Crippen molar-refractivity contribution in [3.05, 3.63) is 29.6 Å². The number of benzene rings is 1. The molecule has 2 nitrogen and oxygen atoms in total. The number of nitrogens with two attached hydrogens (primary N) is 1. The molecular weight excluding hydrogens is 205 g/mol. The van der Waals surface area contributed by atoms with E-state index in [0.717, 1.165) is 0 Å². The van der Waals surface area contributed by atoms with Crippen molar-refractivity contribution in [3.8, 4) is 5.75 Å². The van der Waals surface area contributed by atoms with Crippen molar-refractivity contribution in [2.75, 3.05) is 6.61 Å². The molecular formula is C13H20FNO. The Morgan fingerprint density at radius 3 is 2.62 bits per heavy atom. The number of halogens is 1. The van der Waals surface area contributed by atoms with Crippen LogP contribution in [0.3, 0.4) is 0 Å². The summed E-state index contributed by atoms with van der Waals surface area (Å²) in [4.78, 5) is 0. The fourth-order valence-electron chi connectivity index (χ4n) is 1.38. The van der Waals surface area contributed by atoms with Crippen molar-refractivity contribution in [1.29, 1.82) is 0 Å². The van der Waals surface area contributed by atoms with Crippen LogP contribution in [0.25, 0.3) is 0 Å². The third-order valence-corrected chi connectivity index (χ3v) is 2.39. The van der Waals surface area contributed by atoms with E-state index in [9.17, 15) is 4.39 Å². The summed E-state index contributed by atoms with van der Waals surface area (Å²) in [5, 5.41) is 0. The smallest absolute Gasteiger partial charge is 0.128 e. The van der Waals surface area contributed by atoms with Crippen LogP contribution in [0.4, 0.5) is 4.39 Å². The summed E-state index contributed by atoms with van der Waals surface area (Å²) in [5.41, 5.74) is 6.36. The van der Waals surface area contributed by atoms with Gasteiger partial charge in [-0.05, 0) is 30.5 Å². The highest BCUT2D eigenvalue weighted by Crippen LogP contribution is 2.23. The molecule has 0 saturated heterocycles. The van der Waals surface area contributed by atoms with Crippen LogP contribution in [0.5, 0.6) is 5.75 Å². The maximum Gasteiger partial charge on any atom is 0.128 e. The molecule has 0 aromatic heterocycles. The molecule has 1 aromatic rings. The standard InChI is InChI=1S/C13H20FNO/c1-4-13(15)11-7-10(5-6-12(11)14)16-8-9(2)3/h5-7,9,13H,4,8,15H2,1-3H3. The summed E-state index contributed by atoms with van der Waals surface area (Å²) in [7, 11) is 0. The first-order valence-corrected chi connectivity index (χ1v) is 5.72. The SMILES string of the molecule is CCC(N)c1cc(OCC(C)C)ccc1F. The van der Waals surface area contributed by atoms with E-state index >= 15 is 0 Å². The average Bonchev–Trinajstić information content (AvgIpc) is 2.27. The molecule has 0 heterocycles. The molecule has 1 rings (SSSR count). The molecule has 0 radical (unpaired) electrons. The van der Waals surface area contributed by atoms with Gasteiger partial charge in [-0.2, -0.15) is 0 Å². The molecule has 1 atom stereocenters. The summed E-state index contributed by atoms with van der Waals surface area (Å²) in [6, 6.07) is 4.50. The van der Waals surface area contributed by atoms with Crippen molar-refractivity contribution >= 4 is 0 Å². The quantitative estimate of drug-likeness (QED) is 0.834. The second-order valence-electron chi connectivity index (χ2n) is 4.40. The minimum absolute atomic E-state index is 0.258. The highest BCUT2D eigenvalue weighted by atomic mass is 19.1. The van der Waals surface area contributed by atoms with Crippen LogP contribution < -0.4 is 10.5 Å². The van der Waals surface area contributed by atoms with Gasteiger partial charge in [0, 0.05) is 11.6 Å². The van der Waals surface area contributed by atoms with Crippen molar-refractivity contribution in [2.45, 2.75) is 33.2 Å². The summed E-state index contributed by atoms with van der Waals surface area (Å²) in [6.07, 6.45) is 0.713. The molecule has 0 fully saturated rings. The first-order chi connectivity index (χ1) is 7.54. The lowest BCUT2D eigenvalue weighted by Crippen LogP contribution is -2.11. The predicted molar refractivity (Wildman–Crippen MR) is 64.0 cm³/mol. The van der Waals surface area contributed by atoms with Crippen molar-refractivity contribution < 1.29 is 9.13 Å². The van der Waals surface area contributed by atoms with Gasteiger partial charge in [0.2, 0.25) is 0 Å². The zero-order valence-electron chi connectivity index (χ0n) is 10.2. The molecule has 0 bridgehead atoms. The average molecular weight is 225 g/mol. The molecule has 2 N–H and O–H groups in total. The number of rotatable bonds is 5. The van der Waals surface area contributed by atoms with Gasteiger partial charge < -0.3 is 10.5 Å². The fraction of sp³-hybridized carbons (Fsp3) is 0.538. The monoisotopic (exact) mass is 225 g/mol. The Morgan fingerprint density at radius 2 is 2.06 bits per heavy atom. The second-order valence-corrected chi connectivity index (χ2v) is 4.40. The van der Waals surface area contributed by atoms with Gasteiger partial charge in [0.15, 0.2) is 0 Å². The first kappa shape index (κ1) is 13.0. The van der Waals surface area contributed by atoms with Crippen molar-refractivity contribution in [3.63, 3.8) is 0 Å². The third-order valence-electron chi connectivity index (χ3n) is 2.39. The van der Waals surface area contributed by atoms with Crippen LogP contribution in [-0.2, 0) is 0 Å². The topological polar surface area (TPSA) is 35.2 Å². The number of ether oxygens (including phenoxy) is 1. The van der Waals surface area contributed by atoms with Gasteiger partial charge in [0.05, 0.1) is 6.61 Å². The van der Waals surface area contributed by atoms with E-state index in [2.05, 4.69) is 13.8 Å². The van der Waals surface area contributed by atoms with Crippen molar-refractivity contribution in [2.24, 2.45) is 11.7 Å². The van der Waals surface area contributed by atoms with Gasteiger partial charge in [-0.15, -0.1) is 0 Å². The summed E-state index contributed by atoms with van der Waals surface area (Å²) in [5.74, 6) is 0.883. The fourth-order valence-corrected chi connectivity index (χ4v) is 1.38. The van der Waals surface area contributed by atoms with Crippen LogP contribution >= 0.6 is 0 Å². The molecule has 1 aromatic carbocycles. The zero-order chi connectivity index (χ0) is 12.1. The van der Waals surface area contributed by atoms with Crippen LogP contribution in [0.2, 0.25) is 0 Å². The van der Waals surface area contributed by atoms with Gasteiger partial charge >= 0.3 is 0 Å². The molecule has 0 aliphatic rings. The van der Waals surface area contributed by atoms with Crippen molar-refractivity contribution in [1.82, 2.24) is 0 Å². The Kier molecular flexibility index (Phi) is 4.74. The molecule has 16 heavy (non-hydrogen) atoms. The third kappa shape index (κ3) is 3.49. The van der Waals surface area contributed by atoms with E-state index in [4.69, 9.17) is 10.5 Å². The van der Waals surface area contributed by atoms with Crippen LogP contribution in [0.15, 0.2) is 18.2 Å². The maximum atomic E-state index is 13.5. The Morgan fingerprint density at radius 1 is 1.38 bits per heavy atom. The number of hydrogen-bond acceptors (Lipinski definition) is 2. The molecule has 0 saturated carbocycles. The minimum Gasteiger partial charge on any atom is -0.493 e. The minimum atomic E-state index is -0.261. The second kappa shape index (κ2) is 5.85. The predicted octanol–water partition coefficient (Wildman–Crippen LogP) is 3.27.